The van der Waals surface area contributed by atoms with E-state index >= 15 is 0 Å². The smallest absolute Gasteiger partial charge is 0.264 e. The van der Waals surface area contributed by atoms with E-state index < -0.39 is 10.1 Å². The molecule has 0 spiro atoms. The molecule has 1 fully saturated rings. The summed E-state index contributed by atoms with van der Waals surface area (Å²) in [5.41, 5.74) is 4.46. The third-order valence-corrected chi connectivity index (χ3v) is 5.63. The zero-order valence-corrected chi connectivity index (χ0v) is 15.7. The van der Waals surface area contributed by atoms with E-state index in [0.29, 0.717) is 5.92 Å². The molecule has 0 aromatic carbocycles. The first-order valence-corrected chi connectivity index (χ1v) is 10.6. The Morgan fingerprint density at radius 1 is 1.04 bits per heavy atom. The van der Waals surface area contributed by atoms with Gasteiger partial charge < -0.3 is 0 Å². The van der Waals surface area contributed by atoms with Gasteiger partial charge in [0.2, 0.25) is 0 Å². The summed E-state index contributed by atoms with van der Waals surface area (Å²) in [4.78, 5) is 0. The molecule has 3 aromatic rings. The average molecular weight is 374 g/mol. The molecule has 0 bridgehead atoms. The lowest BCUT2D eigenvalue weighted by Crippen LogP contribution is -2.23. The predicted octanol–water partition coefficient (Wildman–Crippen LogP) is 2.74. The molecular formula is C18H22N4O3S. The van der Waals surface area contributed by atoms with Gasteiger partial charge in [-0.25, -0.2) is 4.52 Å². The highest BCUT2D eigenvalue weighted by Gasteiger charge is 2.27. The maximum atomic E-state index is 11.3. The molecule has 0 amide bonds. The van der Waals surface area contributed by atoms with Crippen LogP contribution in [0.15, 0.2) is 36.9 Å². The second-order valence-electron chi connectivity index (χ2n) is 7.02. The second kappa shape index (κ2) is 6.51. The first-order valence-electron chi connectivity index (χ1n) is 8.73. The van der Waals surface area contributed by atoms with Gasteiger partial charge in [-0.1, -0.05) is 6.07 Å². The van der Waals surface area contributed by atoms with Crippen molar-refractivity contribution in [3.8, 4) is 11.1 Å². The van der Waals surface area contributed by atoms with Crippen LogP contribution in [0.25, 0.3) is 16.6 Å². The molecule has 0 aliphatic heterocycles. The third-order valence-electron chi connectivity index (χ3n) is 5.01. The summed E-state index contributed by atoms with van der Waals surface area (Å²) >= 11 is 0. The van der Waals surface area contributed by atoms with Crippen molar-refractivity contribution >= 4 is 15.6 Å². The first-order chi connectivity index (χ1) is 12.4. The van der Waals surface area contributed by atoms with E-state index in [1.54, 1.807) is 4.68 Å². The van der Waals surface area contributed by atoms with E-state index in [2.05, 4.69) is 22.3 Å². The molecule has 0 unspecified atom stereocenters. The summed E-state index contributed by atoms with van der Waals surface area (Å²) in [6.07, 6.45) is 12.0. The number of rotatable bonds is 4. The fourth-order valence-electron chi connectivity index (χ4n) is 3.78. The Balaban J connectivity index is 1.53. The Morgan fingerprint density at radius 3 is 2.46 bits per heavy atom. The van der Waals surface area contributed by atoms with Crippen LogP contribution in [0.5, 0.6) is 0 Å². The maximum absolute atomic E-state index is 11.3. The van der Waals surface area contributed by atoms with Gasteiger partial charge in [-0.15, -0.1) is 0 Å². The molecule has 7 nitrogen and oxygen atoms in total. The highest BCUT2D eigenvalue weighted by atomic mass is 32.2. The molecule has 1 aliphatic carbocycles. The van der Waals surface area contributed by atoms with Crippen molar-refractivity contribution in [3.05, 3.63) is 42.5 Å². The lowest BCUT2D eigenvalue weighted by atomic mass is 9.83. The minimum atomic E-state index is -3.38. The zero-order chi connectivity index (χ0) is 18.3. The Bertz CT molecular complexity index is 1030. The van der Waals surface area contributed by atoms with Crippen molar-refractivity contribution in [1.82, 2.24) is 19.4 Å². The topological polar surface area (TPSA) is 78.5 Å². The van der Waals surface area contributed by atoms with E-state index in [1.165, 1.54) is 5.56 Å². The molecule has 1 aliphatic rings. The Labute approximate surface area is 152 Å². The lowest BCUT2D eigenvalue weighted by Gasteiger charge is -2.27. The molecular weight excluding hydrogens is 352 g/mol. The summed E-state index contributed by atoms with van der Waals surface area (Å²) in [6.45, 7) is 0. The van der Waals surface area contributed by atoms with Gasteiger partial charge in [-0.2, -0.15) is 18.6 Å². The molecule has 3 heterocycles. The molecule has 3 aromatic heterocycles. The van der Waals surface area contributed by atoms with Crippen molar-refractivity contribution in [1.29, 1.82) is 0 Å². The zero-order valence-electron chi connectivity index (χ0n) is 14.9. The number of fused-ring (bicyclic) bond motifs is 1. The molecule has 0 N–H and O–H groups in total. The normalized spacial score (nSPS) is 21.3. The second-order valence-corrected chi connectivity index (χ2v) is 8.62. The van der Waals surface area contributed by atoms with E-state index in [9.17, 15) is 8.42 Å². The van der Waals surface area contributed by atoms with E-state index in [1.807, 2.05) is 36.4 Å². The van der Waals surface area contributed by atoms with Crippen LogP contribution in [0.3, 0.4) is 0 Å². The van der Waals surface area contributed by atoms with Crippen LogP contribution in [-0.2, 0) is 21.3 Å². The Hall–Kier alpha value is -2.19. The number of aromatic nitrogens is 4. The summed E-state index contributed by atoms with van der Waals surface area (Å²) < 4.78 is 31.4. The van der Waals surface area contributed by atoms with Crippen LogP contribution in [0.1, 0.15) is 37.2 Å². The molecule has 0 saturated heterocycles. The molecule has 8 heteroatoms. The van der Waals surface area contributed by atoms with Gasteiger partial charge in [0.1, 0.15) is 0 Å². The van der Waals surface area contributed by atoms with Crippen LogP contribution in [-0.4, -0.2) is 40.2 Å². The fraction of sp³-hybridized carbons (Fsp3) is 0.444. The highest BCUT2D eigenvalue weighted by Crippen LogP contribution is 2.36. The standard InChI is InChI=1S/C18H22N4O3S/c1-21-11-15(9-19-21)14-5-8-18-17(10-20-22(18)12-14)13-3-6-16(7-4-13)25-26(2,23)24/h5,8-13,16H,3-4,6-7H2,1-2H3. The van der Waals surface area contributed by atoms with Crippen molar-refractivity contribution in [2.75, 3.05) is 6.26 Å². The Morgan fingerprint density at radius 2 is 1.81 bits per heavy atom. The van der Waals surface area contributed by atoms with E-state index in [4.69, 9.17) is 4.18 Å². The molecule has 0 radical (unpaired) electrons. The van der Waals surface area contributed by atoms with Crippen molar-refractivity contribution in [3.63, 3.8) is 0 Å². The number of hydrogen-bond acceptors (Lipinski definition) is 5. The van der Waals surface area contributed by atoms with E-state index in [0.717, 1.165) is 48.6 Å². The van der Waals surface area contributed by atoms with Gasteiger partial charge in [0.15, 0.2) is 0 Å². The van der Waals surface area contributed by atoms with Crippen LogP contribution < -0.4 is 0 Å². The van der Waals surface area contributed by atoms with Crippen LogP contribution in [0.2, 0.25) is 0 Å². The summed E-state index contributed by atoms with van der Waals surface area (Å²) in [6, 6.07) is 4.19. The van der Waals surface area contributed by atoms with Crippen molar-refractivity contribution < 1.29 is 12.6 Å². The van der Waals surface area contributed by atoms with Gasteiger partial charge in [-0.3, -0.25) is 8.86 Å². The highest BCUT2D eigenvalue weighted by molar-refractivity contribution is 7.86. The van der Waals surface area contributed by atoms with Crippen molar-refractivity contribution in [2.45, 2.75) is 37.7 Å². The molecule has 1 saturated carbocycles. The van der Waals surface area contributed by atoms with Crippen LogP contribution in [0.4, 0.5) is 0 Å². The monoisotopic (exact) mass is 374 g/mol. The molecule has 4 rings (SSSR count). The van der Waals surface area contributed by atoms with Gasteiger partial charge in [0, 0.05) is 36.1 Å². The predicted molar refractivity (Wildman–Crippen MR) is 98.3 cm³/mol. The average Bonchev–Trinajstić information content (AvgIpc) is 3.20. The maximum Gasteiger partial charge on any atom is 0.264 e. The largest absolute Gasteiger partial charge is 0.275 e. The summed E-state index contributed by atoms with van der Waals surface area (Å²) in [5.74, 6) is 0.385. The van der Waals surface area contributed by atoms with Gasteiger partial charge in [-0.05, 0) is 37.7 Å². The van der Waals surface area contributed by atoms with Crippen molar-refractivity contribution in [2.24, 2.45) is 7.05 Å². The molecule has 138 valence electrons. The fourth-order valence-corrected chi connectivity index (χ4v) is 4.46. The number of nitrogens with zero attached hydrogens (tertiary/aromatic N) is 4. The number of pyridine rings is 1. The lowest BCUT2D eigenvalue weighted by molar-refractivity contribution is 0.155. The third kappa shape index (κ3) is 3.52. The molecule has 26 heavy (non-hydrogen) atoms. The first kappa shape index (κ1) is 17.2. The quantitative estimate of drug-likeness (QED) is 0.656. The minimum Gasteiger partial charge on any atom is -0.275 e. The molecule has 0 atom stereocenters. The number of hydrogen-bond donors (Lipinski definition) is 0. The van der Waals surface area contributed by atoms with Gasteiger partial charge in [0.25, 0.3) is 10.1 Å². The van der Waals surface area contributed by atoms with E-state index in [-0.39, 0.29) is 6.10 Å². The SMILES string of the molecule is Cn1cc(-c2ccc3c(C4CCC(OS(C)(=O)=O)CC4)cnn3c2)cn1. The van der Waals surface area contributed by atoms with Gasteiger partial charge in [0.05, 0.1) is 30.3 Å². The Kier molecular flexibility index (Phi) is 4.32. The number of aryl methyl sites for hydroxylation is 1. The van der Waals surface area contributed by atoms with Crippen LogP contribution in [0, 0.1) is 0 Å². The van der Waals surface area contributed by atoms with Crippen LogP contribution >= 0.6 is 0 Å². The summed E-state index contributed by atoms with van der Waals surface area (Å²) in [7, 11) is -1.48. The minimum absolute atomic E-state index is 0.194. The summed E-state index contributed by atoms with van der Waals surface area (Å²) in [5, 5.41) is 8.74. The van der Waals surface area contributed by atoms with Gasteiger partial charge >= 0.3 is 0 Å².